The number of benzene rings is 2. The Labute approximate surface area is 153 Å². The van der Waals surface area contributed by atoms with E-state index in [1.165, 1.54) is 16.7 Å². The predicted molar refractivity (Wildman–Crippen MR) is 106 cm³/mol. The normalized spacial score (nSPS) is 17.2. The van der Waals surface area contributed by atoms with Gasteiger partial charge in [-0.2, -0.15) is 0 Å². The number of nitrogens with one attached hydrogen (secondary N) is 2. The average Bonchev–Trinajstić information content (AvgIpc) is 3.11. The van der Waals surface area contributed by atoms with E-state index in [2.05, 4.69) is 40.6 Å². The summed E-state index contributed by atoms with van der Waals surface area (Å²) in [4.78, 5) is 14.8. The molecule has 0 spiro atoms. The lowest BCUT2D eigenvalue weighted by atomic mass is 9.90. The third-order valence-electron chi connectivity index (χ3n) is 5.16. The van der Waals surface area contributed by atoms with Gasteiger partial charge in [0.2, 0.25) is 5.91 Å². The molecule has 4 N–H and O–H groups in total. The van der Waals surface area contributed by atoms with Crippen LogP contribution >= 0.6 is 0 Å². The van der Waals surface area contributed by atoms with Crippen LogP contribution in [0.1, 0.15) is 40.7 Å². The third-order valence-corrected chi connectivity index (χ3v) is 5.16. The summed E-state index contributed by atoms with van der Waals surface area (Å²) in [5.41, 5.74) is 10.9. The zero-order chi connectivity index (χ0) is 17.9. The van der Waals surface area contributed by atoms with Crippen LogP contribution in [-0.4, -0.2) is 16.9 Å². The van der Waals surface area contributed by atoms with E-state index < -0.39 is 0 Å². The van der Waals surface area contributed by atoms with Crippen LogP contribution < -0.4 is 11.1 Å². The number of rotatable bonds is 5. The molecule has 1 aromatic heterocycles. The molecular weight excluding hydrogens is 322 g/mol. The second kappa shape index (κ2) is 7.18. The van der Waals surface area contributed by atoms with Crippen molar-refractivity contribution in [3.8, 4) is 0 Å². The number of aromatic nitrogens is 1. The first-order chi connectivity index (χ1) is 12.7. The number of H-pyrrole nitrogens is 1. The summed E-state index contributed by atoms with van der Waals surface area (Å²) in [7, 11) is 0. The molecule has 4 rings (SSSR count). The van der Waals surface area contributed by atoms with Gasteiger partial charge in [-0.05, 0) is 48.6 Å². The maximum Gasteiger partial charge on any atom is 0.248 e. The lowest BCUT2D eigenvalue weighted by Gasteiger charge is -2.23. The second-order valence-electron chi connectivity index (χ2n) is 6.89. The number of hydrogen-bond donors (Lipinski definition) is 3. The Balaban J connectivity index is 1.48. The van der Waals surface area contributed by atoms with Crippen LogP contribution in [0.5, 0.6) is 0 Å². The fourth-order valence-electron chi connectivity index (χ4n) is 3.66. The molecule has 0 bridgehead atoms. The molecule has 1 atom stereocenters. The molecule has 4 nitrogen and oxygen atoms in total. The fraction of sp³-hybridized carbons (Fsp3) is 0.227. The smallest absolute Gasteiger partial charge is 0.248 e. The van der Waals surface area contributed by atoms with E-state index in [0.717, 1.165) is 36.7 Å². The summed E-state index contributed by atoms with van der Waals surface area (Å²) in [6.45, 7) is 0.906. The summed E-state index contributed by atoms with van der Waals surface area (Å²) in [6, 6.07) is 16.6. The Bertz CT molecular complexity index is 956. The lowest BCUT2D eigenvalue weighted by Crippen LogP contribution is -2.29. The standard InChI is InChI=1S/C22H23N3O/c23-22(26)17-8-11-21-19(12-17)20(14-25-21)16-6-9-18(10-7-16)24-13-15-4-2-1-3-5-15/h1-6,8,11-12,14,18,24-25H,7,9-10,13H2,(H2,23,26). The minimum absolute atomic E-state index is 0.387. The van der Waals surface area contributed by atoms with Crippen LogP contribution in [0.15, 0.2) is 60.8 Å². The van der Waals surface area contributed by atoms with Gasteiger partial charge in [-0.15, -0.1) is 0 Å². The fourth-order valence-corrected chi connectivity index (χ4v) is 3.66. The topological polar surface area (TPSA) is 70.9 Å². The van der Waals surface area contributed by atoms with Gasteiger partial charge in [0.25, 0.3) is 0 Å². The summed E-state index contributed by atoms with van der Waals surface area (Å²) in [6.07, 6.45) is 7.52. The molecule has 3 aromatic rings. The predicted octanol–water partition coefficient (Wildman–Crippen LogP) is 3.99. The zero-order valence-corrected chi connectivity index (χ0v) is 14.7. The molecule has 0 saturated carbocycles. The Morgan fingerprint density at radius 1 is 1.19 bits per heavy atom. The number of hydrogen-bond acceptors (Lipinski definition) is 2. The Kier molecular flexibility index (Phi) is 4.59. The monoisotopic (exact) mass is 345 g/mol. The molecule has 0 fully saturated rings. The van der Waals surface area contributed by atoms with Gasteiger partial charge in [0.15, 0.2) is 0 Å². The Morgan fingerprint density at radius 3 is 2.77 bits per heavy atom. The number of nitrogens with two attached hydrogens (primary N) is 1. The summed E-state index contributed by atoms with van der Waals surface area (Å²) in [5, 5.41) is 4.72. The van der Waals surface area contributed by atoms with Gasteiger partial charge < -0.3 is 16.0 Å². The van der Waals surface area contributed by atoms with Crippen molar-refractivity contribution in [3.05, 3.63) is 77.5 Å². The Morgan fingerprint density at radius 2 is 2.04 bits per heavy atom. The quantitative estimate of drug-likeness (QED) is 0.654. The second-order valence-corrected chi connectivity index (χ2v) is 6.89. The van der Waals surface area contributed by atoms with Crippen molar-refractivity contribution >= 4 is 22.4 Å². The van der Waals surface area contributed by atoms with Crippen molar-refractivity contribution in [2.45, 2.75) is 31.8 Å². The number of carbonyl (C=O) groups excluding carboxylic acids is 1. The van der Waals surface area contributed by atoms with Crippen molar-refractivity contribution in [1.29, 1.82) is 0 Å². The highest BCUT2D eigenvalue weighted by molar-refractivity contribution is 6.00. The molecule has 4 heteroatoms. The molecule has 26 heavy (non-hydrogen) atoms. The molecule has 0 aliphatic heterocycles. The molecule has 1 heterocycles. The molecule has 1 unspecified atom stereocenters. The first-order valence-corrected chi connectivity index (χ1v) is 9.08. The summed E-state index contributed by atoms with van der Waals surface area (Å²) >= 11 is 0. The van der Waals surface area contributed by atoms with E-state index in [9.17, 15) is 4.79 Å². The van der Waals surface area contributed by atoms with E-state index in [-0.39, 0.29) is 5.91 Å². The van der Waals surface area contributed by atoms with Gasteiger partial charge in [-0.25, -0.2) is 0 Å². The van der Waals surface area contributed by atoms with E-state index in [1.54, 1.807) is 6.07 Å². The lowest BCUT2D eigenvalue weighted by molar-refractivity contribution is 0.100. The third kappa shape index (κ3) is 3.41. The first kappa shape index (κ1) is 16.6. The van der Waals surface area contributed by atoms with Crippen molar-refractivity contribution in [3.63, 3.8) is 0 Å². The molecule has 1 aliphatic carbocycles. The van der Waals surface area contributed by atoms with Crippen LogP contribution in [0.4, 0.5) is 0 Å². The van der Waals surface area contributed by atoms with Gasteiger partial charge in [0.1, 0.15) is 0 Å². The van der Waals surface area contributed by atoms with Gasteiger partial charge in [0, 0.05) is 40.8 Å². The maximum atomic E-state index is 11.5. The molecule has 132 valence electrons. The molecule has 0 saturated heterocycles. The largest absolute Gasteiger partial charge is 0.366 e. The van der Waals surface area contributed by atoms with Gasteiger partial charge in [-0.1, -0.05) is 36.4 Å². The number of amides is 1. The number of carbonyl (C=O) groups is 1. The van der Waals surface area contributed by atoms with Crippen molar-refractivity contribution in [2.75, 3.05) is 0 Å². The van der Waals surface area contributed by atoms with Crippen molar-refractivity contribution in [1.82, 2.24) is 10.3 Å². The van der Waals surface area contributed by atoms with E-state index in [4.69, 9.17) is 5.73 Å². The molecular formula is C22H23N3O. The van der Waals surface area contributed by atoms with E-state index in [0.29, 0.717) is 11.6 Å². The highest BCUT2D eigenvalue weighted by Gasteiger charge is 2.17. The average molecular weight is 345 g/mol. The van der Waals surface area contributed by atoms with E-state index in [1.807, 2.05) is 24.4 Å². The minimum Gasteiger partial charge on any atom is -0.366 e. The summed E-state index contributed by atoms with van der Waals surface area (Å²) in [5.74, 6) is -0.387. The van der Waals surface area contributed by atoms with Gasteiger partial charge in [-0.3, -0.25) is 4.79 Å². The maximum absolute atomic E-state index is 11.5. The zero-order valence-electron chi connectivity index (χ0n) is 14.7. The van der Waals surface area contributed by atoms with Crippen LogP contribution in [-0.2, 0) is 6.54 Å². The van der Waals surface area contributed by atoms with Crippen LogP contribution in [0.25, 0.3) is 16.5 Å². The molecule has 2 aromatic carbocycles. The van der Waals surface area contributed by atoms with Crippen LogP contribution in [0.2, 0.25) is 0 Å². The van der Waals surface area contributed by atoms with Crippen molar-refractivity contribution in [2.24, 2.45) is 5.73 Å². The molecule has 1 aliphatic rings. The molecule has 0 radical (unpaired) electrons. The molecule has 1 amide bonds. The number of primary amides is 1. The van der Waals surface area contributed by atoms with Gasteiger partial charge in [0.05, 0.1) is 0 Å². The van der Waals surface area contributed by atoms with Crippen LogP contribution in [0, 0.1) is 0 Å². The number of fused-ring (bicyclic) bond motifs is 1. The van der Waals surface area contributed by atoms with Gasteiger partial charge >= 0.3 is 0 Å². The first-order valence-electron chi connectivity index (χ1n) is 9.08. The number of aromatic amines is 1. The Hall–Kier alpha value is -2.85. The summed E-state index contributed by atoms with van der Waals surface area (Å²) < 4.78 is 0. The van der Waals surface area contributed by atoms with Crippen LogP contribution in [0.3, 0.4) is 0 Å². The number of allylic oxidation sites excluding steroid dienone is 1. The SMILES string of the molecule is NC(=O)c1ccc2[nH]cc(C3=CCC(NCc4ccccc4)CC3)c2c1. The highest BCUT2D eigenvalue weighted by Crippen LogP contribution is 2.32. The minimum atomic E-state index is -0.387. The van der Waals surface area contributed by atoms with Crippen molar-refractivity contribution < 1.29 is 4.79 Å². The van der Waals surface area contributed by atoms with E-state index >= 15 is 0 Å². The highest BCUT2D eigenvalue weighted by atomic mass is 16.1.